The van der Waals surface area contributed by atoms with Crippen molar-refractivity contribution in [2.45, 2.75) is 20.0 Å². The summed E-state index contributed by atoms with van der Waals surface area (Å²) in [6.07, 6.45) is 3.63. The number of aryl methyl sites for hydroxylation is 1. The van der Waals surface area contributed by atoms with E-state index in [1.807, 2.05) is 43.5 Å². The Morgan fingerprint density at radius 3 is 2.83 bits per heavy atom. The molecule has 2 heterocycles. The highest BCUT2D eigenvalue weighted by Crippen LogP contribution is 2.29. The molecule has 0 aliphatic rings. The van der Waals surface area contributed by atoms with Gasteiger partial charge in [0.2, 0.25) is 0 Å². The standard InChI is InChI=1S/C19H18N4O/c1-2-23-17-9-8-14-15(18(17)22-19(23)24)6-3-7-16(14)21-12-13-5-4-10-20-11-13/h3-11,21H,2,12H2,1H3,(H,22,24). The van der Waals surface area contributed by atoms with Crippen molar-refractivity contribution in [3.8, 4) is 0 Å². The van der Waals surface area contributed by atoms with Crippen LogP contribution in [0.4, 0.5) is 5.69 Å². The van der Waals surface area contributed by atoms with E-state index < -0.39 is 0 Å². The van der Waals surface area contributed by atoms with Crippen LogP contribution in [0, 0.1) is 0 Å². The van der Waals surface area contributed by atoms with Gasteiger partial charge in [0.1, 0.15) is 0 Å². The number of nitrogens with one attached hydrogen (secondary N) is 2. The molecule has 0 unspecified atom stereocenters. The molecule has 0 aliphatic heterocycles. The summed E-state index contributed by atoms with van der Waals surface area (Å²) in [5, 5.41) is 5.61. The van der Waals surface area contributed by atoms with Crippen molar-refractivity contribution in [3.05, 3.63) is 70.9 Å². The Hall–Kier alpha value is -3.08. The normalized spacial score (nSPS) is 11.2. The molecule has 0 atom stereocenters. The second kappa shape index (κ2) is 5.85. The first-order valence-corrected chi connectivity index (χ1v) is 8.05. The van der Waals surface area contributed by atoms with Gasteiger partial charge in [0.05, 0.1) is 11.0 Å². The molecule has 0 fully saturated rings. The highest BCUT2D eigenvalue weighted by Gasteiger charge is 2.10. The van der Waals surface area contributed by atoms with Gasteiger partial charge < -0.3 is 10.3 Å². The minimum Gasteiger partial charge on any atom is -0.380 e. The zero-order valence-electron chi connectivity index (χ0n) is 13.4. The van der Waals surface area contributed by atoms with Crippen molar-refractivity contribution < 1.29 is 0 Å². The molecule has 5 nitrogen and oxygen atoms in total. The Morgan fingerprint density at radius 2 is 2.04 bits per heavy atom. The molecule has 0 bridgehead atoms. The number of aromatic amines is 1. The maximum atomic E-state index is 12.1. The molecule has 0 spiro atoms. The van der Waals surface area contributed by atoms with Crippen molar-refractivity contribution in [3.63, 3.8) is 0 Å². The Morgan fingerprint density at radius 1 is 1.12 bits per heavy atom. The fourth-order valence-electron chi connectivity index (χ4n) is 3.15. The van der Waals surface area contributed by atoms with Gasteiger partial charge in [-0.2, -0.15) is 0 Å². The average Bonchev–Trinajstić information content (AvgIpc) is 2.96. The smallest absolute Gasteiger partial charge is 0.326 e. The predicted octanol–water partition coefficient (Wildman–Crippen LogP) is 3.51. The van der Waals surface area contributed by atoms with E-state index in [0.717, 1.165) is 33.1 Å². The molecule has 2 aromatic heterocycles. The predicted molar refractivity (Wildman–Crippen MR) is 97.3 cm³/mol. The highest BCUT2D eigenvalue weighted by molar-refractivity contribution is 6.08. The van der Waals surface area contributed by atoms with Gasteiger partial charge in [0, 0.05) is 41.9 Å². The Kier molecular flexibility index (Phi) is 3.54. The first-order valence-electron chi connectivity index (χ1n) is 8.05. The number of imidazole rings is 1. The molecule has 0 saturated carbocycles. The summed E-state index contributed by atoms with van der Waals surface area (Å²) in [5.41, 5.74) is 3.95. The number of hydrogen-bond donors (Lipinski definition) is 2. The van der Waals surface area contributed by atoms with Gasteiger partial charge in [-0.25, -0.2) is 4.79 Å². The number of nitrogens with zero attached hydrogens (tertiary/aromatic N) is 2. The van der Waals surface area contributed by atoms with Crippen molar-refractivity contribution in [2.75, 3.05) is 5.32 Å². The molecule has 120 valence electrons. The van der Waals surface area contributed by atoms with E-state index in [1.165, 1.54) is 0 Å². The third kappa shape index (κ3) is 2.34. The number of hydrogen-bond acceptors (Lipinski definition) is 3. The summed E-state index contributed by atoms with van der Waals surface area (Å²) in [4.78, 5) is 19.2. The fourth-order valence-corrected chi connectivity index (χ4v) is 3.15. The molecule has 0 radical (unpaired) electrons. The number of aromatic nitrogens is 3. The van der Waals surface area contributed by atoms with E-state index in [9.17, 15) is 4.79 Å². The van der Waals surface area contributed by atoms with Crippen LogP contribution in [0.1, 0.15) is 12.5 Å². The van der Waals surface area contributed by atoms with Crippen molar-refractivity contribution >= 4 is 27.5 Å². The molecule has 2 aromatic carbocycles. The van der Waals surface area contributed by atoms with Gasteiger partial charge in [0.15, 0.2) is 0 Å². The molecule has 4 rings (SSSR count). The van der Waals surface area contributed by atoms with Crippen LogP contribution in [0.15, 0.2) is 59.7 Å². The fraction of sp³-hybridized carbons (Fsp3) is 0.158. The monoisotopic (exact) mass is 318 g/mol. The van der Waals surface area contributed by atoms with Crippen LogP contribution in [0.2, 0.25) is 0 Å². The van der Waals surface area contributed by atoms with Crippen molar-refractivity contribution in [1.82, 2.24) is 14.5 Å². The highest BCUT2D eigenvalue weighted by atomic mass is 16.1. The van der Waals surface area contributed by atoms with E-state index in [4.69, 9.17) is 0 Å². The van der Waals surface area contributed by atoms with Crippen LogP contribution in [0.5, 0.6) is 0 Å². The average molecular weight is 318 g/mol. The Labute approximate surface area is 139 Å². The lowest BCUT2D eigenvalue weighted by Crippen LogP contribution is -2.14. The van der Waals surface area contributed by atoms with E-state index in [-0.39, 0.29) is 5.69 Å². The summed E-state index contributed by atoms with van der Waals surface area (Å²) >= 11 is 0. The minimum absolute atomic E-state index is 0.0614. The Balaban J connectivity index is 1.80. The summed E-state index contributed by atoms with van der Waals surface area (Å²) in [5.74, 6) is 0. The molecule has 4 aromatic rings. The van der Waals surface area contributed by atoms with Crippen LogP contribution in [-0.2, 0) is 13.1 Å². The van der Waals surface area contributed by atoms with E-state index in [1.54, 1.807) is 10.8 Å². The van der Waals surface area contributed by atoms with Crippen LogP contribution < -0.4 is 11.0 Å². The summed E-state index contributed by atoms with van der Waals surface area (Å²) < 4.78 is 1.75. The van der Waals surface area contributed by atoms with Crippen LogP contribution in [-0.4, -0.2) is 14.5 Å². The molecule has 5 heteroatoms. The zero-order valence-corrected chi connectivity index (χ0v) is 13.4. The molecule has 0 saturated heterocycles. The van der Waals surface area contributed by atoms with Crippen LogP contribution >= 0.6 is 0 Å². The molecule has 0 aliphatic carbocycles. The molecule has 2 N–H and O–H groups in total. The van der Waals surface area contributed by atoms with Crippen LogP contribution in [0.3, 0.4) is 0 Å². The summed E-state index contributed by atoms with van der Waals surface area (Å²) in [6.45, 7) is 3.34. The summed E-state index contributed by atoms with van der Waals surface area (Å²) in [6, 6.07) is 14.2. The lowest BCUT2D eigenvalue weighted by molar-refractivity contribution is 0.753. The number of rotatable bonds is 4. The lowest BCUT2D eigenvalue weighted by atomic mass is 10.1. The number of anilines is 1. The second-order valence-corrected chi connectivity index (χ2v) is 5.75. The molecule has 0 amide bonds. The molecular weight excluding hydrogens is 300 g/mol. The van der Waals surface area contributed by atoms with E-state index in [0.29, 0.717) is 13.1 Å². The lowest BCUT2D eigenvalue weighted by Gasteiger charge is -2.10. The second-order valence-electron chi connectivity index (χ2n) is 5.75. The third-order valence-electron chi connectivity index (χ3n) is 4.33. The first kappa shape index (κ1) is 14.5. The van der Waals surface area contributed by atoms with Gasteiger partial charge in [0.25, 0.3) is 0 Å². The third-order valence-corrected chi connectivity index (χ3v) is 4.33. The maximum absolute atomic E-state index is 12.1. The molecular formula is C19H18N4O. The zero-order chi connectivity index (χ0) is 16.5. The summed E-state index contributed by atoms with van der Waals surface area (Å²) in [7, 11) is 0. The number of benzene rings is 2. The van der Waals surface area contributed by atoms with Gasteiger partial charge >= 0.3 is 5.69 Å². The van der Waals surface area contributed by atoms with Gasteiger partial charge in [-0.05, 0) is 30.7 Å². The molecule has 24 heavy (non-hydrogen) atoms. The Bertz CT molecular complexity index is 1060. The minimum atomic E-state index is -0.0614. The van der Waals surface area contributed by atoms with Crippen molar-refractivity contribution in [2.24, 2.45) is 0 Å². The van der Waals surface area contributed by atoms with Gasteiger partial charge in [-0.15, -0.1) is 0 Å². The number of pyridine rings is 1. The van der Waals surface area contributed by atoms with E-state index >= 15 is 0 Å². The largest absolute Gasteiger partial charge is 0.380 e. The maximum Gasteiger partial charge on any atom is 0.326 e. The quantitative estimate of drug-likeness (QED) is 0.605. The van der Waals surface area contributed by atoms with Gasteiger partial charge in [-0.3, -0.25) is 9.55 Å². The van der Waals surface area contributed by atoms with Crippen LogP contribution in [0.25, 0.3) is 21.8 Å². The van der Waals surface area contributed by atoms with E-state index in [2.05, 4.69) is 27.4 Å². The topological polar surface area (TPSA) is 62.7 Å². The first-order chi connectivity index (χ1) is 11.8. The SMILES string of the molecule is CCn1c(=O)[nH]c2c3cccc(NCc4cccnc4)c3ccc21. The van der Waals surface area contributed by atoms with Crippen molar-refractivity contribution in [1.29, 1.82) is 0 Å². The van der Waals surface area contributed by atoms with Gasteiger partial charge in [-0.1, -0.05) is 24.3 Å². The number of fused-ring (bicyclic) bond motifs is 3. The number of H-pyrrole nitrogens is 1.